The molecule has 94 valence electrons. The summed E-state index contributed by atoms with van der Waals surface area (Å²) in [5.41, 5.74) is 0.879. The maximum Gasteiger partial charge on any atom is 0.160 e. The Morgan fingerprint density at radius 3 is 2.71 bits per heavy atom. The maximum absolute atomic E-state index is 5.50. The first-order valence-corrected chi connectivity index (χ1v) is 5.85. The summed E-state index contributed by atoms with van der Waals surface area (Å²) in [6.07, 6.45) is 2.41. The molecule has 5 nitrogen and oxygen atoms in total. The second-order valence-corrected chi connectivity index (χ2v) is 4.28. The van der Waals surface area contributed by atoms with Crippen molar-refractivity contribution in [1.82, 2.24) is 9.97 Å². The zero-order valence-electron chi connectivity index (χ0n) is 10.6. The number of nitrogens with zero attached hydrogens (tertiary/aromatic N) is 2. The minimum absolute atomic E-state index is 0.0129. The minimum atomic E-state index is 0.0129. The minimum Gasteiger partial charge on any atom is -0.378 e. The van der Waals surface area contributed by atoms with Crippen LogP contribution in [0.25, 0.3) is 0 Å². The summed E-state index contributed by atoms with van der Waals surface area (Å²) in [7, 11) is 5.23. The highest BCUT2D eigenvalue weighted by molar-refractivity contribution is 5.35. The lowest BCUT2D eigenvalue weighted by Crippen LogP contribution is -2.12. The molecule has 2 rings (SSSR count). The predicted molar refractivity (Wildman–Crippen MR) is 64.8 cm³/mol. The summed E-state index contributed by atoms with van der Waals surface area (Å²) < 4.78 is 10.6. The molecule has 0 spiro atoms. The molecule has 0 radical (unpaired) electrons. The van der Waals surface area contributed by atoms with Crippen LogP contribution in [0.5, 0.6) is 0 Å². The molecule has 0 aliphatic heterocycles. The van der Waals surface area contributed by atoms with E-state index in [2.05, 4.69) is 15.3 Å². The van der Waals surface area contributed by atoms with Crippen LogP contribution in [0.15, 0.2) is 6.07 Å². The second kappa shape index (κ2) is 5.42. The molecule has 0 bridgehead atoms. The van der Waals surface area contributed by atoms with Gasteiger partial charge < -0.3 is 14.8 Å². The van der Waals surface area contributed by atoms with Gasteiger partial charge in [0.15, 0.2) is 5.82 Å². The first-order valence-electron chi connectivity index (χ1n) is 5.85. The van der Waals surface area contributed by atoms with Gasteiger partial charge in [0.05, 0.1) is 12.3 Å². The van der Waals surface area contributed by atoms with E-state index in [0.29, 0.717) is 12.5 Å². The number of hydrogen-bond acceptors (Lipinski definition) is 5. The first-order chi connectivity index (χ1) is 8.28. The first kappa shape index (κ1) is 12.3. The SMILES string of the molecule is CNc1cc(COC)nc(C(OC)C2CC2)n1. The number of methoxy groups -OCH3 is 2. The van der Waals surface area contributed by atoms with Crippen molar-refractivity contribution in [3.8, 4) is 0 Å². The lowest BCUT2D eigenvalue weighted by atomic mass is 10.2. The monoisotopic (exact) mass is 237 g/mol. The van der Waals surface area contributed by atoms with Gasteiger partial charge in [-0.2, -0.15) is 0 Å². The quantitative estimate of drug-likeness (QED) is 0.817. The molecule has 1 aliphatic carbocycles. The van der Waals surface area contributed by atoms with Crippen LogP contribution in [0, 0.1) is 5.92 Å². The number of ether oxygens (including phenoxy) is 2. The summed E-state index contributed by atoms with van der Waals surface area (Å²) in [6, 6.07) is 1.90. The van der Waals surface area contributed by atoms with Crippen LogP contribution in [-0.2, 0) is 16.1 Å². The van der Waals surface area contributed by atoms with Crippen molar-refractivity contribution >= 4 is 5.82 Å². The van der Waals surface area contributed by atoms with E-state index in [1.165, 1.54) is 12.8 Å². The molecular weight excluding hydrogens is 218 g/mol. The highest BCUT2D eigenvalue weighted by atomic mass is 16.5. The third-order valence-corrected chi connectivity index (χ3v) is 2.90. The highest BCUT2D eigenvalue weighted by Crippen LogP contribution is 2.42. The Labute approximate surface area is 102 Å². The summed E-state index contributed by atoms with van der Waals surface area (Å²) in [4.78, 5) is 8.97. The van der Waals surface area contributed by atoms with E-state index in [4.69, 9.17) is 9.47 Å². The fourth-order valence-electron chi connectivity index (χ4n) is 1.90. The van der Waals surface area contributed by atoms with Crippen LogP contribution in [0.2, 0.25) is 0 Å². The average Bonchev–Trinajstić information content (AvgIpc) is 3.15. The molecule has 0 amide bonds. The number of aromatic nitrogens is 2. The molecule has 1 heterocycles. The van der Waals surface area contributed by atoms with E-state index in [1.54, 1.807) is 14.2 Å². The van der Waals surface area contributed by atoms with Crippen molar-refractivity contribution in [3.05, 3.63) is 17.6 Å². The Kier molecular flexibility index (Phi) is 3.91. The van der Waals surface area contributed by atoms with Gasteiger partial charge in [-0.05, 0) is 18.8 Å². The predicted octanol–water partition coefficient (Wildman–Crippen LogP) is 1.76. The standard InChI is InChI=1S/C12H19N3O2/c1-13-10-6-9(7-16-2)14-12(15-10)11(17-3)8-4-5-8/h6,8,11H,4-5,7H2,1-3H3,(H,13,14,15). The zero-order valence-corrected chi connectivity index (χ0v) is 10.6. The van der Waals surface area contributed by atoms with Crippen molar-refractivity contribution in [2.24, 2.45) is 5.92 Å². The normalized spacial score (nSPS) is 16.9. The lowest BCUT2D eigenvalue weighted by molar-refractivity contribution is 0.0765. The van der Waals surface area contributed by atoms with Crippen molar-refractivity contribution in [1.29, 1.82) is 0 Å². The van der Waals surface area contributed by atoms with Gasteiger partial charge in [-0.3, -0.25) is 0 Å². The third kappa shape index (κ3) is 2.92. The van der Waals surface area contributed by atoms with Gasteiger partial charge in [0.2, 0.25) is 0 Å². The van der Waals surface area contributed by atoms with Gasteiger partial charge in [0.1, 0.15) is 11.9 Å². The average molecular weight is 237 g/mol. The van der Waals surface area contributed by atoms with Crippen molar-refractivity contribution in [2.75, 3.05) is 26.6 Å². The maximum atomic E-state index is 5.50. The van der Waals surface area contributed by atoms with Gasteiger partial charge in [-0.25, -0.2) is 9.97 Å². The van der Waals surface area contributed by atoms with Crippen molar-refractivity contribution < 1.29 is 9.47 Å². The lowest BCUT2D eigenvalue weighted by Gasteiger charge is -2.15. The molecule has 1 atom stereocenters. The van der Waals surface area contributed by atoms with Crippen LogP contribution in [0.4, 0.5) is 5.82 Å². The molecule has 1 N–H and O–H groups in total. The molecule has 5 heteroatoms. The number of anilines is 1. The molecular formula is C12H19N3O2. The smallest absolute Gasteiger partial charge is 0.160 e. The number of nitrogens with one attached hydrogen (secondary N) is 1. The Bertz CT molecular complexity index is 380. The van der Waals surface area contributed by atoms with Crippen LogP contribution in [-0.4, -0.2) is 31.2 Å². The van der Waals surface area contributed by atoms with Crippen LogP contribution < -0.4 is 5.32 Å². The van der Waals surface area contributed by atoms with Crippen molar-refractivity contribution in [2.45, 2.75) is 25.6 Å². The molecule has 0 aromatic carbocycles. The second-order valence-electron chi connectivity index (χ2n) is 4.28. The Morgan fingerprint density at radius 1 is 1.41 bits per heavy atom. The fraction of sp³-hybridized carbons (Fsp3) is 0.667. The van der Waals surface area contributed by atoms with E-state index in [9.17, 15) is 0 Å². The van der Waals surface area contributed by atoms with E-state index in [1.807, 2.05) is 13.1 Å². The summed E-state index contributed by atoms with van der Waals surface area (Å²) in [5, 5.41) is 3.04. The summed E-state index contributed by atoms with van der Waals surface area (Å²) >= 11 is 0. The van der Waals surface area contributed by atoms with E-state index in [0.717, 1.165) is 17.3 Å². The van der Waals surface area contributed by atoms with Gasteiger partial charge in [-0.15, -0.1) is 0 Å². The molecule has 1 aromatic heterocycles. The van der Waals surface area contributed by atoms with Gasteiger partial charge in [-0.1, -0.05) is 0 Å². The number of rotatable bonds is 6. The fourth-order valence-corrected chi connectivity index (χ4v) is 1.90. The van der Waals surface area contributed by atoms with Crippen molar-refractivity contribution in [3.63, 3.8) is 0 Å². The molecule has 0 saturated heterocycles. The topological polar surface area (TPSA) is 56.3 Å². The van der Waals surface area contributed by atoms with E-state index < -0.39 is 0 Å². The van der Waals surface area contributed by atoms with Crippen LogP contribution >= 0.6 is 0 Å². The largest absolute Gasteiger partial charge is 0.378 e. The molecule has 1 aromatic rings. The molecule has 1 fully saturated rings. The third-order valence-electron chi connectivity index (χ3n) is 2.90. The molecule has 1 saturated carbocycles. The Hall–Kier alpha value is -1.20. The van der Waals surface area contributed by atoms with Crippen LogP contribution in [0.1, 0.15) is 30.5 Å². The zero-order chi connectivity index (χ0) is 12.3. The van der Waals surface area contributed by atoms with Crippen LogP contribution in [0.3, 0.4) is 0 Å². The van der Waals surface area contributed by atoms with Gasteiger partial charge in [0, 0.05) is 27.3 Å². The molecule has 17 heavy (non-hydrogen) atoms. The number of hydrogen-bond donors (Lipinski definition) is 1. The summed E-state index contributed by atoms with van der Waals surface area (Å²) in [6.45, 7) is 0.491. The van der Waals surface area contributed by atoms with E-state index >= 15 is 0 Å². The highest BCUT2D eigenvalue weighted by Gasteiger charge is 2.34. The Balaban J connectivity index is 2.27. The molecule has 1 unspecified atom stereocenters. The van der Waals surface area contributed by atoms with E-state index in [-0.39, 0.29) is 6.10 Å². The van der Waals surface area contributed by atoms with Gasteiger partial charge >= 0.3 is 0 Å². The Morgan fingerprint density at radius 2 is 2.18 bits per heavy atom. The molecule has 1 aliphatic rings. The van der Waals surface area contributed by atoms with Gasteiger partial charge in [0.25, 0.3) is 0 Å². The summed E-state index contributed by atoms with van der Waals surface area (Å²) in [5.74, 6) is 2.14.